The summed E-state index contributed by atoms with van der Waals surface area (Å²) in [6.45, 7) is 0.713. The zero-order valence-corrected chi connectivity index (χ0v) is 11.4. The van der Waals surface area contributed by atoms with Gasteiger partial charge >= 0.3 is 6.03 Å². The summed E-state index contributed by atoms with van der Waals surface area (Å²) in [4.78, 5) is 26.0. The summed E-state index contributed by atoms with van der Waals surface area (Å²) in [5.41, 5.74) is 6.99. The van der Waals surface area contributed by atoms with Crippen molar-refractivity contribution in [1.29, 1.82) is 0 Å². The van der Waals surface area contributed by atoms with Gasteiger partial charge in [0.05, 0.1) is 6.54 Å². The highest BCUT2D eigenvalue weighted by molar-refractivity contribution is 6.07. The zero-order valence-electron chi connectivity index (χ0n) is 11.4. The Balaban J connectivity index is 1.84. The van der Waals surface area contributed by atoms with Gasteiger partial charge in [-0.05, 0) is 24.0 Å². The number of hydrogen-bond donors (Lipinski definition) is 2. The maximum absolute atomic E-state index is 12.6. The number of imide groups is 1. The van der Waals surface area contributed by atoms with Crippen molar-refractivity contribution in [2.75, 3.05) is 0 Å². The molecule has 0 radical (unpaired) electrons. The van der Waals surface area contributed by atoms with Gasteiger partial charge in [-0.1, -0.05) is 37.1 Å². The summed E-state index contributed by atoms with van der Waals surface area (Å²) in [6, 6.07) is 7.39. The quantitative estimate of drug-likeness (QED) is 0.820. The van der Waals surface area contributed by atoms with Crippen LogP contribution in [0.4, 0.5) is 4.79 Å². The molecule has 1 aliphatic carbocycles. The van der Waals surface area contributed by atoms with Crippen LogP contribution in [0.2, 0.25) is 0 Å². The van der Waals surface area contributed by atoms with Gasteiger partial charge in [-0.15, -0.1) is 0 Å². The topological polar surface area (TPSA) is 75.4 Å². The molecule has 0 bridgehead atoms. The van der Waals surface area contributed by atoms with Crippen molar-refractivity contribution >= 4 is 11.9 Å². The van der Waals surface area contributed by atoms with Crippen molar-refractivity contribution in [3.8, 4) is 0 Å². The molecule has 2 aliphatic rings. The molecule has 2 fully saturated rings. The molecule has 1 spiro atoms. The molecule has 3 amide bonds. The van der Waals surface area contributed by atoms with Gasteiger partial charge in [0.1, 0.15) is 5.54 Å². The number of benzene rings is 1. The number of carbonyl (C=O) groups excluding carboxylic acids is 2. The van der Waals surface area contributed by atoms with Crippen LogP contribution in [0.1, 0.15) is 36.8 Å². The maximum atomic E-state index is 12.6. The lowest BCUT2D eigenvalue weighted by molar-refractivity contribution is -0.131. The van der Waals surface area contributed by atoms with Crippen LogP contribution >= 0.6 is 0 Å². The lowest BCUT2D eigenvalue weighted by atomic mass is 9.98. The molecular weight excluding hydrogens is 254 g/mol. The first-order chi connectivity index (χ1) is 9.66. The molecule has 1 aromatic carbocycles. The van der Waals surface area contributed by atoms with E-state index in [1.54, 1.807) is 0 Å². The first-order valence-corrected chi connectivity index (χ1v) is 7.07. The molecule has 20 heavy (non-hydrogen) atoms. The number of nitrogens with one attached hydrogen (secondary N) is 1. The summed E-state index contributed by atoms with van der Waals surface area (Å²) in [7, 11) is 0. The molecule has 106 valence electrons. The Hall–Kier alpha value is -1.88. The third kappa shape index (κ3) is 1.98. The van der Waals surface area contributed by atoms with E-state index in [1.807, 2.05) is 24.3 Å². The number of nitrogens with zero attached hydrogens (tertiary/aromatic N) is 1. The average Bonchev–Trinajstić information content (AvgIpc) is 3.01. The molecule has 5 heteroatoms. The Kier molecular flexibility index (Phi) is 3.22. The lowest BCUT2D eigenvalue weighted by Crippen LogP contribution is -2.44. The van der Waals surface area contributed by atoms with Gasteiger partial charge in [-0.2, -0.15) is 0 Å². The van der Waals surface area contributed by atoms with Crippen LogP contribution in [-0.4, -0.2) is 22.4 Å². The maximum Gasteiger partial charge on any atom is 0.325 e. The summed E-state index contributed by atoms with van der Waals surface area (Å²) in [5, 5.41) is 2.89. The average molecular weight is 273 g/mol. The molecular formula is C15H19N3O2. The van der Waals surface area contributed by atoms with Crippen LogP contribution in [0.25, 0.3) is 0 Å². The molecule has 5 nitrogen and oxygen atoms in total. The zero-order chi connectivity index (χ0) is 14.2. The van der Waals surface area contributed by atoms with E-state index >= 15 is 0 Å². The number of nitrogens with two attached hydrogens (primary N) is 1. The van der Waals surface area contributed by atoms with Crippen molar-refractivity contribution in [2.45, 2.75) is 44.3 Å². The Morgan fingerprint density at radius 3 is 2.45 bits per heavy atom. The van der Waals surface area contributed by atoms with Crippen LogP contribution in [0.3, 0.4) is 0 Å². The number of rotatable bonds is 3. The predicted molar refractivity (Wildman–Crippen MR) is 74.6 cm³/mol. The van der Waals surface area contributed by atoms with Crippen molar-refractivity contribution in [1.82, 2.24) is 10.2 Å². The minimum Gasteiger partial charge on any atom is -0.326 e. The number of urea groups is 1. The third-order valence-corrected chi connectivity index (χ3v) is 4.37. The van der Waals surface area contributed by atoms with E-state index < -0.39 is 5.54 Å². The van der Waals surface area contributed by atoms with Gasteiger partial charge in [0.2, 0.25) is 0 Å². The van der Waals surface area contributed by atoms with Crippen LogP contribution < -0.4 is 11.1 Å². The van der Waals surface area contributed by atoms with Gasteiger partial charge in [-0.3, -0.25) is 9.69 Å². The van der Waals surface area contributed by atoms with Crippen LogP contribution in [0.15, 0.2) is 24.3 Å². The second-order valence-corrected chi connectivity index (χ2v) is 5.58. The smallest absolute Gasteiger partial charge is 0.325 e. The molecule has 0 aromatic heterocycles. The third-order valence-electron chi connectivity index (χ3n) is 4.37. The van der Waals surface area contributed by atoms with Crippen molar-refractivity contribution in [3.63, 3.8) is 0 Å². The summed E-state index contributed by atoms with van der Waals surface area (Å²) >= 11 is 0. The molecule has 1 aliphatic heterocycles. The normalized spacial score (nSPS) is 20.8. The monoisotopic (exact) mass is 273 g/mol. The van der Waals surface area contributed by atoms with Crippen molar-refractivity contribution < 1.29 is 9.59 Å². The lowest BCUT2D eigenvalue weighted by Gasteiger charge is -2.20. The summed E-state index contributed by atoms with van der Waals surface area (Å²) < 4.78 is 0. The van der Waals surface area contributed by atoms with Crippen LogP contribution in [0, 0.1) is 0 Å². The van der Waals surface area contributed by atoms with E-state index in [4.69, 9.17) is 5.73 Å². The largest absolute Gasteiger partial charge is 0.326 e. The standard InChI is InChI=1S/C15H19N3O2/c16-9-11-5-1-2-6-12(11)10-18-13(19)15(17-14(18)20)7-3-4-8-15/h1-2,5-6H,3-4,7-10,16H2,(H,17,20). The highest BCUT2D eigenvalue weighted by Crippen LogP contribution is 2.35. The van der Waals surface area contributed by atoms with E-state index in [1.165, 1.54) is 4.90 Å². The number of hydrogen-bond acceptors (Lipinski definition) is 3. The first-order valence-electron chi connectivity index (χ1n) is 7.07. The Bertz CT molecular complexity index is 550. The fourth-order valence-electron chi connectivity index (χ4n) is 3.22. The van der Waals surface area contributed by atoms with E-state index in [9.17, 15) is 9.59 Å². The molecule has 1 saturated carbocycles. The fourth-order valence-corrected chi connectivity index (χ4v) is 3.22. The molecule has 3 rings (SSSR count). The molecule has 1 saturated heterocycles. The Labute approximate surface area is 118 Å². The van der Waals surface area contributed by atoms with E-state index in [0.29, 0.717) is 13.1 Å². The Morgan fingerprint density at radius 2 is 1.80 bits per heavy atom. The van der Waals surface area contributed by atoms with Gasteiger partial charge in [0.15, 0.2) is 0 Å². The minimum absolute atomic E-state index is 0.0770. The highest BCUT2D eigenvalue weighted by atomic mass is 16.2. The second kappa shape index (κ2) is 4.90. The highest BCUT2D eigenvalue weighted by Gasteiger charge is 2.52. The van der Waals surface area contributed by atoms with Crippen LogP contribution in [-0.2, 0) is 17.9 Å². The summed E-state index contributed by atoms with van der Waals surface area (Å²) in [6.07, 6.45) is 3.51. The van der Waals surface area contributed by atoms with Gasteiger partial charge in [0, 0.05) is 6.54 Å². The molecule has 0 unspecified atom stereocenters. The molecule has 3 N–H and O–H groups in total. The van der Waals surface area contributed by atoms with Gasteiger partial charge < -0.3 is 11.1 Å². The molecule has 0 atom stereocenters. The minimum atomic E-state index is -0.630. The first kappa shape index (κ1) is 13.1. The number of amides is 3. The predicted octanol–water partition coefficient (Wildman–Crippen LogP) is 1.51. The molecule has 1 aromatic rings. The van der Waals surface area contributed by atoms with E-state index in [0.717, 1.165) is 36.8 Å². The van der Waals surface area contributed by atoms with E-state index in [2.05, 4.69) is 5.32 Å². The number of carbonyl (C=O) groups is 2. The van der Waals surface area contributed by atoms with Crippen LogP contribution in [0.5, 0.6) is 0 Å². The SMILES string of the molecule is NCc1ccccc1CN1C(=O)NC2(CCCC2)C1=O. The van der Waals surface area contributed by atoms with E-state index in [-0.39, 0.29) is 11.9 Å². The Morgan fingerprint density at radius 1 is 1.15 bits per heavy atom. The van der Waals surface area contributed by atoms with Crippen molar-refractivity contribution in [2.24, 2.45) is 5.73 Å². The summed E-state index contributed by atoms with van der Waals surface area (Å²) in [5.74, 6) is -0.0770. The second-order valence-electron chi connectivity index (χ2n) is 5.58. The van der Waals surface area contributed by atoms with Crippen molar-refractivity contribution in [3.05, 3.63) is 35.4 Å². The van der Waals surface area contributed by atoms with Gasteiger partial charge in [-0.25, -0.2) is 4.79 Å². The fraction of sp³-hybridized carbons (Fsp3) is 0.467. The van der Waals surface area contributed by atoms with Gasteiger partial charge in [0.25, 0.3) is 5.91 Å². The molecule has 1 heterocycles.